The molecule has 0 bridgehead atoms. The van der Waals surface area contributed by atoms with E-state index in [0.717, 1.165) is 5.69 Å². The highest BCUT2D eigenvalue weighted by Gasteiger charge is 2.21. The van der Waals surface area contributed by atoms with Crippen LogP contribution in [0.15, 0.2) is 39.7 Å². The third-order valence-corrected chi connectivity index (χ3v) is 4.61. The van der Waals surface area contributed by atoms with E-state index < -0.39 is 9.05 Å². The van der Waals surface area contributed by atoms with Gasteiger partial charge in [-0.15, -0.1) is 0 Å². The second-order valence-electron chi connectivity index (χ2n) is 4.21. The average Bonchev–Trinajstić information content (AvgIpc) is 2.36. The number of benzene rings is 1. The minimum Gasteiger partial charge on any atom is -0.484 e. The van der Waals surface area contributed by atoms with Crippen molar-refractivity contribution in [3.05, 3.63) is 51.2 Å². The minimum absolute atomic E-state index is 0.0122. The molecule has 2 aromatic rings. The van der Waals surface area contributed by atoms with Crippen LogP contribution in [0.4, 0.5) is 0 Å². The summed E-state index contributed by atoms with van der Waals surface area (Å²) in [4.78, 5) is 4.08. The van der Waals surface area contributed by atoms with Crippen LogP contribution in [0.3, 0.4) is 0 Å². The molecule has 0 unspecified atom stereocenters. The first-order chi connectivity index (χ1) is 9.77. The number of rotatable bonds is 4. The van der Waals surface area contributed by atoms with E-state index in [1.54, 1.807) is 6.07 Å². The summed E-state index contributed by atoms with van der Waals surface area (Å²) in [6, 6.07) is 8.34. The van der Waals surface area contributed by atoms with Crippen LogP contribution < -0.4 is 4.74 Å². The molecule has 21 heavy (non-hydrogen) atoms. The Balaban J connectivity index is 2.36. The largest absolute Gasteiger partial charge is 0.484 e. The molecule has 0 N–H and O–H groups in total. The number of hydrogen-bond donors (Lipinski definition) is 0. The van der Waals surface area contributed by atoms with Gasteiger partial charge in [-0.1, -0.05) is 33.6 Å². The Morgan fingerprint density at radius 1 is 1.33 bits per heavy atom. The third kappa shape index (κ3) is 4.32. The van der Waals surface area contributed by atoms with E-state index in [1.807, 2.05) is 19.1 Å². The Labute approximate surface area is 140 Å². The van der Waals surface area contributed by atoms with Crippen molar-refractivity contribution in [3.63, 3.8) is 0 Å². The molecule has 0 spiro atoms. The molecule has 0 aliphatic heterocycles. The number of halogens is 3. The molecular weight excluding hydrogens is 401 g/mol. The second kappa shape index (κ2) is 6.52. The fourth-order valence-corrected chi connectivity index (χ4v) is 3.76. The van der Waals surface area contributed by atoms with Crippen molar-refractivity contribution in [2.75, 3.05) is 0 Å². The predicted octanol–water partition coefficient (Wildman–Crippen LogP) is 4.31. The van der Waals surface area contributed by atoms with Gasteiger partial charge in [0.25, 0.3) is 9.05 Å². The van der Waals surface area contributed by atoms with Crippen LogP contribution in [0.1, 0.15) is 11.4 Å². The first-order valence-electron chi connectivity index (χ1n) is 5.76. The predicted molar refractivity (Wildman–Crippen MR) is 85.5 cm³/mol. The van der Waals surface area contributed by atoms with Crippen LogP contribution in [0, 0.1) is 6.92 Å². The molecule has 112 valence electrons. The van der Waals surface area contributed by atoms with Crippen molar-refractivity contribution >= 4 is 47.3 Å². The highest BCUT2D eigenvalue weighted by molar-refractivity contribution is 9.10. The SMILES string of the molecule is Cc1cccc(COc2c(Cl)cc(Br)cc2S(=O)(=O)Cl)n1. The van der Waals surface area contributed by atoms with E-state index >= 15 is 0 Å². The van der Waals surface area contributed by atoms with Gasteiger partial charge in [0.05, 0.1) is 10.7 Å². The van der Waals surface area contributed by atoms with Gasteiger partial charge in [-0.3, -0.25) is 4.98 Å². The summed E-state index contributed by atoms with van der Waals surface area (Å²) in [6.45, 7) is 1.94. The highest BCUT2D eigenvalue weighted by Crippen LogP contribution is 2.37. The van der Waals surface area contributed by atoms with E-state index in [0.29, 0.717) is 10.2 Å². The van der Waals surface area contributed by atoms with Crippen LogP contribution in [0.25, 0.3) is 0 Å². The number of pyridine rings is 1. The zero-order valence-electron chi connectivity index (χ0n) is 10.8. The lowest BCUT2D eigenvalue weighted by molar-refractivity contribution is 0.293. The molecule has 0 saturated carbocycles. The fourth-order valence-electron chi connectivity index (χ4n) is 1.68. The molecule has 1 heterocycles. The normalized spacial score (nSPS) is 11.4. The van der Waals surface area contributed by atoms with E-state index in [-0.39, 0.29) is 22.3 Å². The van der Waals surface area contributed by atoms with Crippen molar-refractivity contribution in [2.24, 2.45) is 0 Å². The zero-order chi connectivity index (χ0) is 15.6. The Morgan fingerprint density at radius 2 is 2.05 bits per heavy atom. The summed E-state index contributed by atoms with van der Waals surface area (Å²) in [6.07, 6.45) is 0. The van der Waals surface area contributed by atoms with Gasteiger partial charge in [0.2, 0.25) is 0 Å². The van der Waals surface area contributed by atoms with Crippen LogP contribution in [0.2, 0.25) is 5.02 Å². The maximum atomic E-state index is 11.6. The number of aromatic nitrogens is 1. The molecule has 1 aromatic heterocycles. The average molecular weight is 411 g/mol. The van der Waals surface area contributed by atoms with Crippen LogP contribution >= 0.6 is 38.2 Å². The molecule has 2 rings (SSSR count). The quantitative estimate of drug-likeness (QED) is 0.704. The van der Waals surface area contributed by atoms with E-state index in [9.17, 15) is 8.42 Å². The van der Waals surface area contributed by atoms with Crippen LogP contribution in [-0.2, 0) is 15.7 Å². The topological polar surface area (TPSA) is 56.3 Å². The van der Waals surface area contributed by atoms with Crippen molar-refractivity contribution in [3.8, 4) is 5.75 Å². The van der Waals surface area contributed by atoms with Crippen LogP contribution in [-0.4, -0.2) is 13.4 Å². The van der Waals surface area contributed by atoms with Gasteiger partial charge >= 0.3 is 0 Å². The van der Waals surface area contributed by atoms with E-state index in [2.05, 4.69) is 20.9 Å². The monoisotopic (exact) mass is 409 g/mol. The Hall–Kier alpha value is -0.820. The minimum atomic E-state index is -3.98. The van der Waals surface area contributed by atoms with E-state index in [1.165, 1.54) is 12.1 Å². The lowest BCUT2D eigenvalue weighted by atomic mass is 10.3. The van der Waals surface area contributed by atoms with Gasteiger partial charge in [-0.2, -0.15) is 0 Å². The van der Waals surface area contributed by atoms with Gasteiger partial charge in [-0.05, 0) is 31.2 Å². The number of aryl methyl sites for hydroxylation is 1. The molecule has 0 saturated heterocycles. The van der Waals surface area contributed by atoms with E-state index in [4.69, 9.17) is 27.0 Å². The molecule has 0 aliphatic carbocycles. The molecule has 0 amide bonds. The number of hydrogen-bond acceptors (Lipinski definition) is 4. The Morgan fingerprint density at radius 3 is 2.67 bits per heavy atom. The molecule has 4 nitrogen and oxygen atoms in total. The van der Waals surface area contributed by atoms with Gasteiger partial charge < -0.3 is 4.74 Å². The Kier molecular flexibility index (Phi) is 5.14. The molecule has 8 heteroatoms. The number of ether oxygens (including phenoxy) is 1. The fraction of sp³-hybridized carbons (Fsp3) is 0.154. The van der Waals surface area contributed by atoms with Crippen molar-refractivity contribution in [1.82, 2.24) is 4.98 Å². The summed E-state index contributed by atoms with van der Waals surface area (Å²) in [5.74, 6) is 0.0122. The smallest absolute Gasteiger partial charge is 0.265 e. The summed E-state index contributed by atoms with van der Waals surface area (Å²) >= 11 is 9.21. The van der Waals surface area contributed by atoms with Crippen LogP contribution in [0.5, 0.6) is 5.75 Å². The third-order valence-electron chi connectivity index (χ3n) is 2.55. The van der Waals surface area contributed by atoms with Crippen molar-refractivity contribution in [1.29, 1.82) is 0 Å². The number of nitrogens with zero attached hydrogens (tertiary/aromatic N) is 1. The summed E-state index contributed by atoms with van der Waals surface area (Å²) in [5.41, 5.74) is 1.50. The lowest BCUT2D eigenvalue weighted by Gasteiger charge is -2.12. The van der Waals surface area contributed by atoms with Gasteiger partial charge in [0, 0.05) is 20.8 Å². The first-order valence-corrected chi connectivity index (χ1v) is 9.24. The first kappa shape index (κ1) is 16.5. The van der Waals surface area contributed by atoms with Gasteiger partial charge in [0.1, 0.15) is 11.5 Å². The van der Waals surface area contributed by atoms with Crippen molar-refractivity contribution < 1.29 is 13.2 Å². The highest BCUT2D eigenvalue weighted by atomic mass is 79.9. The zero-order valence-corrected chi connectivity index (χ0v) is 14.7. The maximum Gasteiger partial charge on any atom is 0.265 e. The summed E-state index contributed by atoms with van der Waals surface area (Å²) in [7, 11) is 1.43. The molecular formula is C13H10BrCl2NO3S. The molecule has 0 aliphatic rings. The molecule has 1 aromatic carbocycles. The molecule has 0 atom stereocenters. The standard InChI is InChI=1S/C13H10BrCl2NO3S/c1-8-3-2-4-10(17-8)7-20-13-11(15)5-9(14)6-12(13)21(16,18)19/h2-6H,7H2,1H3. The lowest BCUT2D eigenvalue weighted by Crippen LogP contribution is -2.03. The molecule has 0 fully saturated rings. The summed E-state index contributed by atoms with van der Waals surface area (Å²) < 4.78 is 29.2. The maximum absolute atomic E-state index is 11.6. The molecule has 0 radical (unpaired) electrons. The van der Waals surface area contributed by atoms with Crippen molar-refractivity contribution in [2.45, 2.75) is 18.4 Å². The van der Waals surface area contributed by atoms with Gasteiger partial charge in [0.15, 0.2) is 5.75 Å². The Bertz CT molecular complexity index is 781. The summed E-state index contributed by atoms with van der Waals surface area (Å²) in [5, 5.41) is 0.149. The second-order valence-corrected chi connectivity index (χ2v) is 8.07. The van der Waals surface area contributed by atoms with Gasteiger partial charge in [-0.25, -0.2) is 8.42 Å².